The van der Waals surface area contributed by atoms with Crippen LogP contribution < -0.4 is 20.3 Å². The average molecular weight is 406 g/mol. The highest BCUT2D eigenvalue weighted by Crippen LogP contribution is 2.47. The number of piperidine rings is 1. The van der Waals surface area contributed by atoms with Crippen LogP contribution in [0.3, 0.4) is 0 Å². The fourth-order valence-corrected chi connectivity index (χ4v) is 5.79. The van der Waals surface area contributed by atoms with Crippen LogP contribution in [0.15, 0.2) is 42.5 Å². The van der Waals surface area contributed by atoms with Gasteiger partial charge in [-0.2, -0.15) is 0 Å². The van der Waals surface area contributed by atoms with E-state index >= 15 is 0 Å². The lowest BCUT2D eigenvalue weighted by Crippen LogP contribution is -2.54. The maximum Gasteiger partial charge on any atom is 0.227 e. The number of nitrogens with zero attached hydrogens (tertiary/aromatic N) is 1. The lowest BCUT2D eigenvalue weighted by atomic mass is 9.75. The average Bonchev–Trinajstić information content (AvgIpc) is 3.20. The lowest BCUT2D eigenvalue weighted by Gasteiger charge is -2.43. The van der Waals surface area contributed by atoms with Gasteiger partial charge >= 0.3 is 0 Å². The van der Waals surface area contributed by atoms with Gasteiger partial charge in [-0.3, -0.25) is 4.79 Å². The van der Waals surface area contributed by atoms with Crippen LogP contribution in [0.25, 0.3) is 0 Å². The topological polar surface area (TPSA) is 53.6 Å². The lowest BCUT2D eigenvalue weighted by molar-refractivity contribution is -0.118. The molecule has 2 aromatic carbocycles. The minimum absolute atomic E-state index is 0.0485. The molecule has 0 radical (unpaired) electrons. The predicted molar refractivity (Wildman–Crippen MR) is 119 cm³/mol. The van der Waals surface area contributed by atoms with Crippen LogP contribution in [-0.4, -0.2) is 38.7 Å². The van der Waals surface area contributed by atoms with E-state index in [0.717, 1.165) is 37.4 Å². The van der Waals surface area contributed by atoms with Gasteiger partial charge in [0.15, 0.2) is 0 Å². The van der Waals surface area contributed by atoms with Gasteiger partial charge in [-0.15, -0.1) is 0 Å². The summed E-state index contributed by atoms with van der Waals surface area (Å²) < 4.78 is 5.83. The Morgan fingerprint density at radius 3 is 2.80 bits per heavy atom. The van der Waals surface area contributed by atoms with Crippen molar-refractivity contribution >= 4 is 11.6 Å². The molecule has 0 aromatic heterocycles. The first-order valence-corrected chi connectivity index (χ1v) is 11.1. The van der Waals surface area contributed by atoms with Crippen LogP contribution in [0.1, 0.15) is 54.3 Å². The maximum absolute atomic E-state index is 12.3. The van der Waals surface area contributed by atoms with E-state index in [1.807, 2.05) is 11.9 Å². The van der Waals surface area contributed by atoms with E-state index in [4.69, 9.17) is 4.74 Å². The first-order chi connectivity index (χ1) is 14.6. The Bertz CT molecular complexity index is 945. The first kappa shape index (κ1) is 19.6. The second-order valence-electron chi connectivity index (χ2n) is 9.02. The third-order valence-corrected chi connectivity index (χ3v) is 7.36. The first-order valence-electron chi connectivity index (χ1n) is 11.1. The monoisotopic (exact) mass is 405 g/mol. The highest BCUT2D eigenvalue weighted by molar-refractivity contribution is 5.96. The molecule has 5 rings (SSSR count). The normalized spacial score (nSPS) is 28.6. The number of rotatable bonds is 3. The van der Waals surface area contributed by atoms with E-state index in [1.165, 1.54) is 29.5 Å². The molecule has 5 nitrogen and oxygen atoms in total. The van der Waals surface area contributed by atoms with Gasteiger partial charge in [-0.1, -0.05) is 30.3 Å². The number of methoxy groups -OCH3 is 1. The van der Waals surface area contributed by atoms with E-state index in [1.54, 1.807) is 7.11 Å². The highest BCUT2D eigenvalue weighted by Gasteiger charge is 2.47. The zero-order valence-corrected chi connectivity index (χ0v) is 17.9. The molecule has 3 unspecified atom stereocenters. The summed E-state index contributed by atoms with van der Waals surface area (Å²) in [7, 11) is 3.65. The van der Waals surface area contributed by atoms with Crippen LogP contribution in [0.5, 0.6) is 5.75 Å². The van der Waals surface area contributed by atoms with E-state index in [0.29, 0.717) is 18.4 Å². The van der Waals surface area contributed by atoms with Gasteiger partial charge in [0.25, 0.3) is 0 Å². The van der Waals surface area contributed by atoms with Crippen molar-refractivity contribution in [3.8, 4) is 5.75 Å². The molecule has 2 saturated heterocycles. The SMILES string of the molecule is COc1cc2c(cc1C1CNC3(CCCNC3c3ccccc3)C1)N(C)C(=O)CC2. The number of nitrogens with one attached hydrogen (secondary N) is 2. The molecule has 5 heteroatoms. The van der Waals surface area contributed by atoms with Gasteiger partial charge < -0.3 is 20.3 Å². The Morgan fingerprint density at radius 1 is 1.17 bits per heavy atom. The van der Waals surface area contributed by atoms with Crippen molar-refractivity contribution in [1.82, 2.24) is 10.6 Å². The van der Waals surface area contributed by atoms with Crippen LogP contribution in [0, 0.1) is 0 Å². The fraction of sp³-hybridized carbons (Fsp3) is 0.480. The summed E-state index contributed by atoms with van der Waals surface area (Å²) in [4.78, 5) is 14.1. The van der Waals surface area contributed by atoms with Crippen LogP contribution in [0.4, 0.5) is 5.69 Å². The number of carbonyl (C=O) groups is 1. The van der Waals surface area contributed by atoms with Gasteiger partial charge in [0, 0.05) is 42.7 Å². The molecule has 3 aliphatic rings. The second kappa shape index (κ2) is 7.71. The fourth-order valence-electron chi connectivity index (χ4n) is 5.79. The van der Waals surface area contributed by atoms with Gasteiger partial charge in [-0.25, -0.2) is 0 Å². The molecule has 30 heavy (non-hydrogen) atoms. The largest absolute Gasteiger partial charge is 0.496 e. The van der Waals surface area contributed by atoms with Crippen molar-refractivity contribution in [1.29, 1.82) is 0 Å². The molecule has 158 valence electrons. The number of fused-ring (bicyclic) bond motifs is 1. The molecule has 2 fully saturated rings. The Balaban J connectivity index is 1.49. The van der Waals surface area contributed by atoms with Gasteiger partial charge in [0.1, 0.15) is 5.75 Å². The van der Waals surface area contributed by atoms with Gasteiger partial charge in [0.05, 0.1) is 13.2 Å². The molecule has 0 aliphatic carbocycles. The van der Waals surface area contributed by atoms with E-state index in [-0.39, 0.29) is 11.4 Å². The van der Waals surface area contributed by atoms with Crippen molar-refractivity contribution in [2.45, 2.75) is 49.6 Å². The number of anilines is 1. The number of amides is 1. The smallest absolute Gasteiger partial charge is 0.227 e. The van der Waals surface area contributed by atoms with Crippen molar-refractivity contribution in [2.75, 3.05) is 32.1 Å². The molecule has 0 bridgehead atoms. The molecular formula is C25H31N3O2. The van der Waals surface area contributed by atoms with Gasteiger partial charge in [0.2, 0.25) is 5.91 Å². The number of carbonyl (C=O) groups excluding carboxylic acids is 1. The Hall–Kier alpha value is -2.37. The quantitative estimate of drug-likeness (QED) is 0.820. The molecule has 1 spiro atoms. The molecular weight excluding hydrogens is 374 g/mol. The number of benzene rings is 2. The Labute approximate surface area is 178 Å². The van der Waals surface area contributed by atoms with Crippen LogP contribution in [-0.2, 0) is 11.2 Å². The third-order valence-electron chi connectivity index (χ3n) is 7.36. The molecule has 2 aromatic rings. The summed E-state index contributed by atoms with van der Waals surface area (Å²) in [5, 5.41) is 7.71. The summed E-state index contributed by atoms with van der Waals surface area (Å²) >= 11 is 0. The molecule has 3 atom stereocenters. The van der Waals surface area contributed by atoms with Crippen molar-refractivity contribution in [3.05, 3.63) is 59.2 Å². The summed E-state index contributed by atoms with van der Waals surface area (Å²) in [6.07, 6.45) is 4.78. The minimum Gasteiger partial charge on any atom is -0.496 e. The van der Waals surface area contributed by atoms with Crippen molar-refractivity contribution in [3.63, 3.8) is 0 Å². The second-order valence-corrected chi connectivity index (χ2v) is 9.02. The number of hydrogen-bond donors (Lipinski definition) is 2. The predicted octanol–water partition coefficient (Wildman–Crippen LogP) is 3.54. The molecule has 0 saturated carbocycles. The molecule has 2 N–H and O–H groups in total. The zero-order chi connectivity index (χ0) is 20.7. The highest BCUT2D eigenvalue weighted by atomic mass is 16.5. The Kier molecular flexibility index (Phi) is 5.03. The Morgan fingerprint density at radius 2 is 2.00 bits per heavy atom. The van der Waals surface area contributed by atoms with Crippen molar-refractivity contribution in [2.24, 2.45) is 0 Å². The van der Waals surface area contributed by atoms with E-state index < -0.39 is 0 Å². The van der Waals surface area contributed by atoms with E-state index in [2.05, 4.69) is 53.1 Å². The maximum atomic E-state index is 12.3. The van der Waals surface area contributed by atoms with Crippen LogP contribution >= 0.6 is 0 Å². The third kappa shape index (κ3) is 3.21. The number of hydrogen-bond acceptors (Lipinski definition) is 4. The van der Waals surface area contributed by atoms with Gasteiger partial charge in [-0.05, 0) is 55.5 Å². The van der Waals surface area contributed by atoms with E-state index in [9.17, 15) is 4.79 Å². The zero-order valence-electron chi connectivity index (χ0n) is 17.9. The van der Waals surface area contributed by atoms with Crippen LogP contribution in [0.2, 0.25) is 0 Å². The number of aryl methyl sites for hydroxylation is 1. The molecule has 3 aliphatic heterocycles. The number of ether oxygens (including phenoxy) is 1. The summed E-state index contributed by atoms with van der Waals surface area (Å²) in [5.74, 6) is 1.52. The standard InChI is InChI=1S/C25H31N3O2/c1-28-21-14-20(22(30-2)13-18(21)9-10-23(28)29)19-15-25(27-16-19)11-6-12-26-24(25)17-7-4-3-5-8-17/h3-5,7-8,13-14,19,24,26-27H,6,9-12,15-16H2,1-2H3. The minimum atomic E-state index is 0.0485. The molecule has 3 heterocycles. The molecule has 1 amide bonds. The van der Waals surface area contributed by atoms with Crippen molar-refractivity contribution < 1.29 is 9.53 Å². The summed E-state index contributed by atoms with van der Waals surface area (Å²) in [5.41, 5.74) is 4.88. The summed E-state index contributed by atoms with van der Waals surface area (Å²) in [6, 6.07) is 15.5. The summed E-state index contributed by atoms with van der Waals surface area (Å²) in [6.45, 7) is 1.99.